The molecule has 0 spiro atoms. The Morgan fingerprint density at radius 3 is 3.20 bits per heavy atom. The molecule has 0 amide bonds. The van der Waals surface area contributed by atoms with Crippen LogP contribution in [0, 0.1) is 5.92 Å². The van der Waals surface area contributed by atoms with Gasteiger partial charge in [0.1, 0.15) is 10.7 Å². The molecule has 1 unspecified atom stereocenters. The van der Waals surface area contributed by atoms with E-state index in [0.717, 1.165) is 40.9 Å². The van der Waals surface area contributed by atoms with Gasteiger partial charge in [0.25, 0.3) is 0 Å². The lowest BCUT2D eigenvalue weighted by Crippen LogP contribution is -2.22. The maximum atomic E-state index is 5.56. The summed E-state index contributed by atoms with van der Waals surface area (Å²) in [5, 5.41) is 3.03. The minimum Gasteiger partial charge on any atom is -0.308 e. The topological polar surface area (TPSA) is 67.1 Å². The third-order valence-electron chi connectivity index (χ3n) is 3.94. The van der Waals surface area contributed by atoms with Gasteiger partial charge in [-0.3, -0.25) is 4.90 Å². The van der Waals surface area contributed by atoms with E-state index in [1.165, 1.54) is 25.8 Å². The summed E-state index contributed by atoms with van der Waals surface area (Å²) in [6, 6.07) is 2.01. The second kappa shape index (κ2) is 6.03. The van der Waals surface area contributed by atoms with Gasteiger partial charge in [0.05, 0.1) is 11.9 Å². The Morgan fingerprint density at radius 2 is 2.40 bits per heavy atom. The van der Waals surface area contributed by atoms with Crippen molar-refractivity contribution in [3.05, 3.63) is 17.3 Å². The van der Waals surface area contributed by atoms with Gasteiger partial charge in [0, 0.05) is 6.54 Å². The number of hydrazine groups is 1. The van der Waals surface area contributed by atoms with Crippen LogP contribution in [0.2, 0.25) is 0 Å². The molecular formula is C14H21N5S. The summed E-state index contributed by atoms with van der Waals surface area (Å²) in [6.07, 6.45) is 3.91. The summed E-state index contributed by atoms with van der Waals surface area (Å²) in [4.78, 5) is 12.7. The maximum absolute atomic E-state index is 5.56. The summed E-state index contributed by atoms with van der Waals surface area (Å²) in [7, 11) is 0. The standard InChI is InChI=1S/C14H21N5S/c1-2-3-10-4-6-19(8-10)9-12-16-13(18-15)11-5-7-20-14(11)17-12/h5,7,10H,2-4,6,8-9,15H2,1H3,(H,16,17,18). The average Bonchev–Trinajstić information content (AvgIpc) is 3.07. The summed E-state index contributed by atoms with van der Waals surface area (Å²) in [6.45, 7) is 5.41. The van der Waals surface area contributed by atoms with E-state index < -0.39 is 0 Å². The number of nitrogens with two attached hydrogens (primary N) is 1. The summed E-state index contributed by atoms with van der Waals surface area (Å²) >= 11 is 1.63. The highest BCUT2D eigenvalue weighted by molar-refractivity contribution is 7.16. The van der Waals surface area contributed by atoms with Crippen molar-refractivity contribution in [3.8, 4) is 0 Å². The average molecular weight is 291 g/mol. The number of likely N-dealkylation sites (tertiary alicyclic amines) is 1. The van der Waals surface area contributed by atoms with Gasteiger partial charge in [-0.1, -0.05) is 13.3 Å². The Bertz CT molecular complexity index is 582. The van der Waals surface area contributed by atoms with Crippen LogP contribution in [-0.2, 0) is 6.54 Å². The van der Waals surface area contributed by atoms with Gasteiger partial charge in [0.15, 0.2) is 5.82 Å². The molecule has 2 aromatic heterocycles. The van der Waals surface area contributed by atoms with Crippen molar-refractivity contribution in [2.75, 3.05) is 18.5 Å². The first kappa shape index (κ1) is 13.7. The number of aromatic nitrogens is 2. The molecule has 3 heterocycles. The Balaban J connectivity index is 1.74. The van der Waals surface area contributed by atoms with Crippen molar-refractivity contribution < 1.29 is 0 Å². The van der Waals surface area contributed by atoms with E-state index in [-0.39, 0.29) is 0 Å². The predicted molar refractivity (Wildman–Crippen MR) is 83.5 cm³/mol. The highest BCUT2D eigenvalue weighted by Crippen LogP contribution is 2.26. The third kappa shape index (κ3) is 2.77. The van der Waals surface area contributed by atoms with E-state index in [2.05, 4.69) is 27.2 Å². The van der Waals surface area contributed by atoms with Crippen molar-refractivity contribution in [3.63, 3.8) is 0 Å². The second-order valence-corrected chi connectivity index (χ2v) is 6.35. The molecule has 20 heavy (non-hydrogen) atoms. The molecule has 0 aliphatic carbocycles. The fourth-order valence-electron chi connectivity index (χ4n) is 2.98. The van der Waals surface area contributed by atoms with Gasteiger partial charge in [-0.2, -0.15) is 0 Å². The van der Waals surface area contributed by atoms with E-state index in [0.29, 0.717) is 0 Å². The number of nitrogen functional groups attached to an aromatic ring is 1. The van der Waals surface area contributed by atoms with Crippen molar-refractivity contribution in [2.24, 2.45) is 11.8 Å². The SMILES string of the molecule is CCCC1CCN(Cc2nc(NN)c3ccsc3n2)C1. The Kier molecular flexibility index (Phi) is 4.14. The molecule has 1 aliphatic rings. The number of nitrogens with zero attached hydrogens (tertiary/aromatic N) is 3. The van der Waals surface area contributed by atoms with Gasteiger partial charge in [0.2, 0.25) is 0 Å². The summed E-state index contributed by atoms with van der Waals surface area (Å²) in [5.74, 6) is 8.01. The lowest BCUT2D eigenvalue weighted by molar-refractivity contribution is 0.305. The largest absolute Gasteiger partial charge is 0.308 e. The smallest absolute Gasteiger partial charge is 0.152 e. The third-order valence-corrected chi connectivity index (χ3v) is 4.75. The number of thiophene rings is 1. The van der Waals surface area contributed by atoms with Crippen LogP contribution in [0.1, 0.15) is 32.0 Å². The van der Waals surface area contributed by atoms with E-state index in [1.807, 2.05) is 11.4 Å². The normalized spacial score (nSPS) is 19.8. The van der Waals surface area contributed by atoms with Crippen LogP contribution in [0.3, 0.4) is 0 Å². The first-order chi connectivity index (χ1) is 9.80. The molecule has 0 saturated carbocycles. The van der Waals surface area contributed by atoms with Gasteiger partial charge >= 0.3 is 0 Å². The van der Waals surface area contributed by atoms with Crippen LogP contribution >= 0.6 is 11.3 Å². The van der Waals surface area contributed by atoms with Crippen LogP contribution in [0.5, 0.6) is 0 Å². The predicted octanol–water partition coefficient (Wildman–Crippen LogP) is 2.60. The van der Waals surface area contributed by atoms with Gasteiger partial charge < -0.3 is 5.43 Å². The molecule has 1 atom stereocenters. The van der Waals surface area contributed by atoms with Gasteiger partial charge in [-0.15, -0.1) is 11.3 Å². The molecule has 5 nitrogen and oxygen atoms in total. The van der Waals surface area contributed by atoms with Crippen molar-refractivity contribution in [1.82, 2.24) is 14.9 Å². The molecular weight excluding hydrogens is 270 g/mol. The Labute approximate surface area is 123 Å². The number of rotatable bonds is 5. The minimum atomic E-state index is 0.732. The zero-order chi connectivity index (χ0) is 13.9. The van der Waals surface area contributed by atoms with Crippen molar-refractivity contribution in [1.29, 1.82) is 0 Å². The molecule has 0 aromatic carbocycles. The molecule has 3 rings (SSSR count). The fraction of sp³-hybridized carbons (Fsp3) is 0.571. The Morgan fingerprint density at radius 1 is 1.50 bits per heavy atom. The number of anilines is 1. The quantitative estimate of drug-likeness (QED) is 0.655. The van der Waals surface area contributed by atoms with E-state index >= 15 is 0 Å². The molecule has 108 valence electrons. The molecule has 1 saturated heterocycles. The maximum Gasteiger partial charge on any atom is 0.152 e. The lowest BCUT2D eigenvalue weighted by atomic mass is 10.0. The van der Waals surface area contributed by atoms with Crippen molar-refractivity contribution >= 4 is 27.4 Å². The monoisotopic (exact) mass is 291 g/mol. The van der Waals surface area contributed by atoms with Crippen LogP contribution in [0.25, 0.3) is 10.2 Å². The summed E-state index contributed by atoms with van der Waals surface area (Å²) < 4.78 is 0. The van der Waals surface area contributed by atoms with Crippen LogP contribution < -0.4 is 11.3 Å². The van der Waals surface area contributed by atoms with Gasteiger partial charge in [-0.25, -0.2) is 15.8 Å². The lowest BCUT2D eigenvalue weighted by Gasteiger charge is -2.15. The number of hydrogen-bond acceptors (Lipinski definition) is 6. The fourth-order valence-corrected chi connectivity index (χ4v) is 3.76. The molecule has 3 N–H and O–H groups in total. The molecule has 0 radical (unpaired) electrons. The number of hydrogen-bond donors (Lipinski definition) is 2. The first-order valence-corrected chi connectivity index (χ1v) is 8.11. The Hall–Kier alpha value is -1.24. The van der Waals surface area contributed by atoms with Crippen LogP contribution in [0.4, 0.5) is 5.82 Å². The zero-order valence-corrected chi connectivity index (χ0v) is 12.6. The van der Waals surface area contributed by atoms with Gasteiger partial charge in [-0.05, 0) is 36.8 Å². The molecule has 1 fully saturated rings. The van der Waals surface area contributed by atoms with Crippen LogP contribution in [-0.4, -0.2) is 28.0 Å². The first-order valence-electron chi connectivity index (χ1n) is 7.23. The minimum absolute atomic E-state index is 0.732. The molecule has 2 aromatic rings. The molecule has 1 aliphatic heterocycles. The number of fused-ring (bicyclic) bond motifs is 1. The number of nitrogens with one attached hydrogen (secondary N) is 1. The van der Waals surface area contributed by atoms with E-state index in [1.54, 1.807) is 11.3 Å². The van der Waals surface area contributed by atoms with E-state index in [4.69, 9.17) is 5.84 Å². The molecule has 0 bridgehead atoms. The second-order valence-electron chi connectivity index (χ2n) is 5.45. The molecule has 6 heteroatoms. The summed E-state index contributed by atoms with van der Waals surface area (Å²) in [5.41, 5.74) is 2.69. The van der Waals surface area contributed by atoms with Crippen LogP contribution in [0.15, 0.2) is 11.4 Å². The highest BCUT2D eigenvalue weighted by Gasteiger charge is 2.22. The zero-order valence-electron chi connectivity index (χ0n) is 11.8. The van der Waals surface area contributed by atoms with E-state index in [9.17, 15) is 0 Å². The van der Waals surface area contributed by atoms with Crippen molar-refractivity contribution in [2.45, 2.75) is 32.7 Å². The highest BCUT2D eigenvalue weighted by atomic mass is 32.1.